The minimum Gasteiger partial charge on any atom is -0.360 e. The summed E-state index contributed by atoms with van der Waals surface area (Å²) in [5.74, 6) is 1.58. The van der Waals surface area contributed by atoms with Crippen molar-refractivity contribution in [1.82, 2.24) is 26.3 Å². The van der Waals surface area contributed by atoms with E-state index in [1.807, 2.05) is 18.2 Å². The molecule has 0 aromatic carbocycles. The predicted octanol–water partition coefficient (Wildman–Crippen LogP) is 2.46. The Morgan fingerprint density at radius 2 is 1.93 bits per heavy atom. The predicted molar refractivity (Wildman–Crippen MR) is 118 cm³/mol. The molecule has 29 heavy (non-hydrogen) atoms. The maximum atomic E-state index is 12.5. The summed E-state index contributed by atoms with van der Waals surface area (Å²) in [5, 5.41) is 14.5. The first kappa shape index (κ1) is 20.5. The third kappa shape index (κ3) is 5.45. The summed E-state index contributed by atoms with van der Waals surface area (Å²) in [6.07, 6.45) is 11.3. The van der Waals surface area contributed by atoms with Gasteiger partial charge in [-0.2, -0.15) is 0 Å². The van der Waals surface area contributed by atoms with E-state index in [1.165, 1.54) is 25.7 Å². The normalized spacial score (nSPS) is 31.9. The molecule has 3 atom stereocenters. The fourth-order valence-electron chi connectivity index (χ4n) is 5.15. The maximum Gasteiger partial charge on any atom is 0.223 e. The highest BCUT2D eigenvalue weighted by atomic mass is 32.1. The van der Waals surface area contributed by atoms with E-state index in [-0.39, 0.29) is 18.0 Å². The van der Waals surface area contributed by atoms with Crippen LogP contribution in [0.1, 0.15) is 57.1 Å². The van der Waals surface area contributed by atoms with Crippen molar-refractivity contribution in [3.63, 3.8) is 0 Å². The average Bonchev–Trinajstić information content (AvgIpc) is 2.77. The third-order valence-corrected chi connectivity index (χ3v) is 7.10. The molecule has 158 valence electrons. The van der Waals surface area contributed by atoms with Crippen LogP contribution in [0, 0.1) is 17.8 Å². The van der Waals surface area contributed by atoms with E-state index in [0.29, 0.717) is 24.4 Å². The molecule has 4 rings (SSSR count). The topological polar surface area (TPSA) is 78.1 Å². The second-order valence-corrected chi connectivity index (χ2v) is 9.22. The van der Waals surface area contributed by atoms with Crippen molar-refractivity contribution in [2.24, 2.45) is 17.8 Å². The second-order valence-electron chi connectivity index (χ2n) is 8.82. The van der Waals surface area contributed by atoms with Crippen molar-refractivity contribution in [3.05, 3.63) is 30.1 Å². The molecule has 1 aromatic rings. The van der Waals surface area contributed by atoms with E-state index in [0.717, 1.165) is 43.0 Å². The molecule has 2 aliphatic carbocycles. The van der Waals surface area contributed by atoms with Crippen LogP contribution in [0.3, 0.4) is 0 Å². The molecule has 0 spiro atoms. The lowest BCUT2D eigenvalue weighted by Gasteiger charge is -2.44. The quantitative estimate of drug-likeness (QED) is 0.535. The van der Waals surface area contributed by atoms with Gasteiger partial charge in [0.1, 0.15) is 0 Å². The summed E-state index contributed by atoms with van der Waals surface area (Å²) in [6.45, 7) is 1.52. The molecule has 4 N–H and O–H groups in total. The Balaban J connectivity index is 1.19. The Morgan fingerprint density at radius 1 is 1.10 bits per heavy atom. The van der Waals surface area contributed by atoms with Gasteiger partial charge in [-0.15, -0.1) is 0 Å². The van der Waals surface area contributed by atoms with Gasteiger partial charge in [0.25, 0.3) is 0 Å². The second kappa shape index (κ2) is 9.85. The molecule has 2 saturated carbocycles. The zero-order chi connectivity index (χ0) is 20.1. The summed E-state index contributed by atoms with van der Waals surface area (Å²) in [4.78, 5) is 16.8. The first-order chi connectivity index (χ1) is 14.2. The van der Waals surface area contributed by atoms with Gasteiger partial charge in [0.05, 0.1) is 18.4 Å². The molecule has 1 aliphatic heterocycles. The van der Waals surface area contributed by atoms with E-state index in [1.54, 1.807) is 6.20 Å². The summed E-state index contributed by atoms with van der Waals surface area (Å²) < 4.78 is 0. The fraction of sp³-hybridized carbons (Fsp3) is 0.682. The van der Waals surface area contributed by atoms with Gasteiger partial charge in [0.15, 0.2) is 5.11 Å². The highest BCUT2D eigenvalue weighted by Gasteiger charge is 2.36. The van der Waals surface area contributed by atoms with E-state index in [9.17, 15) is 4.79 Å². The first-order valence-corrected chi connectivity index (χ1v) is 11.6. The van der Waals surface area contributed by atoms with Crippen LogP contribution < -0.4 is 21.3 Å². The van der Waals surface area contributed by atoms with Crippen molar-refractivity contribution in [1.29, 1.82) is 0 Å². The van der Waals surface area contributed by atoms with Crippen molar-refractivity contribution in [2.75, 3.05) is 6.54 Å². The van der Waals surface area contributed by atoms with Crippen molar-refractivity contribution >= 4 is 23.2 Å². The van der Waals surface area contributed by atoms with Crippen molar-refractivity contribution in [2.45, 2.75) is 70.1 Å². The largest absolute Gasteiger partial charge is 0.360 e. The lowest BCUT2D eigenvalue weighted by atomic mass is 9.80. The number of pyridine rings is 1. The number of hydrogen-bond acceptors (Lipinski definition) is 4. The maximum absolute atomic E-state index is 12.5. The van der Waals surface area contributed by atoms with Crippen LogP contribution >= 0.6 is 12.2 Å². The van der Waals surface area contributed by atoms with Crippen LogP contribution in [0.5, 0.6) is 0 Å². The minimum absolute atomic E-state index is 0.141. The van der Waals surface area contributed by atoms with Crippen LogP contribution in [-0.4, -0.2) is 34.8 Å². The number of nitrogens with one attached hydrogen (secondary N) is 4. The Kier molecular flexibility index (Phi) is 6.98. The standard InChI is InChI=1S/C22H33N5OS/c28-21(25-14-17-5-3-4-12-23-17)16-10-8-15(9-11-16)13-24-20-18-6-1-2-7-19(18)26-22(29)27-20/h3-5,12,15-16,18-20,24H,1-2,6-11,13-14H2,(H,25,28)(H2,26,27,29). The van der Waals surface area contributed by atoms with Gasteiger partial charge in [-0.25, -0.2) is 0 Å². The van der Waals surface area contributed by atoms with Crippen molar-refractivity contribution in [3.8, 4) is 0 Å². The number of rotatable bonds is 6. The molecule has 2 heterocycles. The number of hydrogen-bond donors (Lipinski definition) is 4. The van der Waals surface area contributed by atoms with Gasteiger partial charge >= 0.3 is 0 Å². The minimum atomic E-state index is 0.141. The third-order valence-electron chi connectivity index (χ3n) is 6.86. The zero-order valence-corrected chi connectivity index (χ0v) is 17.8. The molecular weight excluding hydrogens is 382 g/mol. The monoisotopic (exact) mass is 415 g/mol. The molecule has 6 nitrogen and oxygen atoms in total. The Labute approximate surface area is 179 Å². The van der Waals surface area contributed by atoms with Gasteiger partial charge in [0.2, 0.25) is 5.91 Å². The molecular formula is C22H33N5OS. The van der Waals surface area contributed by atoms with Crippen LogP contribution in [0.2, 0.25) is 0 Å². The Morgan fingerprint density at radius 3 is 2.72 bits per heavy atom. The molecule has 3 aliphatic rings. The highest BCUT2D eigenvalue weighted by molar-refractivity contribution is 7.80. The van der Waals surface area contributed by atoms with Gasteiger partial charge in [-0.3, -0.25) is 15.1 Å². The number of amides is 1. The molecule has 1 amide bonds. The van der Waals surface area contributed by atoms with Crippen molar-refractivity contribution < 1.29 is 4.79 Å². The van der Waals surface area contributed by atoms with E-state index >= 15 is 0 Å². The van der Waals surface area contributed by atoms with Gasteiger partial charge in [-0.1, -0.05) is 18.9 Å². The molecule has 1 aromatic heterocycles. The lowest BCUT2D eigenvalue weighted by Crippen LogP contribution is -2.65. The molecule has 1 saturated heterocycles. The van der Waals surface area contributed by atoms with E-state index in [2.05, 4.69) is 26.3 Å². The SMILES string of the molecule is O=C(NCc1ccccn1)C1CCC(CNC2NC(=S)NC3CCCCC32)CC1. The van der Waals surface area contributed by atoms with E-state index < -0.39 is 0 Å². The average molecular weight is 416 g/mol. The summed E-state index contributed by atoms with van der Waals surface area (Å²) in [5.41, 5.74) is 0.909. The number of nitrogens with zero attached hydrogens (tertiary/aromatic N) is 1. The molecule has 7 heteroatoms. The Hall–Kier alpha value is -1.73. The first-order valence-electron chi connectivity index (χ1n) is 11.2. The summed E-state index contributed by atoms with van der Waals surface area (Å²) in [6, 6.07) is 6.31. The van der Waals surface area contributed by atoms with Crippen LogP contribution in [0.25, 0.3) is 0 Å². The fourth-order valence-corrected chi connectivity index (χ4v) is 5.42. The number of thiocarbonyl (C=S) groups is 1. The van der Waals surface area contributed by atoms with E-state index in [4.69, 9.17) is 12.2 Å². The number of fused-ring (bicyclic) bond motifs is 1. The van der Waals surface area contributed by atoms with Gasteiger partial charge in [-0.05, 0) is 75.3 Å². The summed E-state index contributed by atoms with van der Waals surface area (Å²) in [7, 11) is 0. The van der Waals surface area contributed by atoms with Gasteiger partial charge in [0, 0.05) is 24.1 Å². The van der Waals surface area contributed by atoms with Gasteiger partial charge < -0.3 is 16.0 Å². The lowest BCUT2D eigenvalue weighted by molar-refractivity contribution is -0.126. The molecule has 0 bridgehead atoms. The van der Waals surface area contributed by atoms with Crippen LogP contribution in [0.4, 0.5) is 0 Å². The zero-order valence-electron chi connectivity index (χ0n) is 17.0. The number of carbonyl (C=O) groups excluding carboxylic acids is 1. The smallest absolute Gasteiger partial charge is 0.223 e. The van der Waals surface area contributed by atoms with Crippen LogP contribution in [0.15, 0.2) is 24.4 Å². The molecule has 3 unspecified atom stereocenters. The molecule has 0 radical (unpaired) electrons. The Bertz CT molecular complexity index is 692. The number of aromatic nitrogens is 1. The highest BCUT2D eigenvalue weighted by Crippen LogP contribution is 2.31. The number of carbonyl (C=O) groups is 1. The summed E-state index contributed by atoms with van der Waals surface area (Å²) >= 11 is 5.41. The molecule has 3 fully saturated rings. The van der Waals surface area contributed by atoms with Crippen LogP contribution in [-0.2, 0) is 11.3 Å².